The van der Waals surface area contributed by atoms with E-state index in [1.54, 1.807) is 0 Å². The number of esters is 1. The van der Waals surface area contributed by atoms with E-state index in [1.165, 1.54) is 0 Å². The summed E-state index contributed by atoms with van der Waals surface area (Å²) in [6.07, 6.45) is 3.98. The molecule has 0 aromatic carbocycles. The highest BCUT2D eigenvalue weighted by atomic mass is 16.7. The Balaban J connectivity index is 1.47. The van der Waals surface area contributed by atoms with E-state index in [0.717, 1.165) is 31.3 Å². The van der Waals surface area contributed by atoms with Gasteiger partial charge in [-0.05, 0) is 45.1 Å². The first-order valence-electron chi connectivity index (χ1n) is 7.77. The SMILES string of the molecule is C=C1C[C@H](C2COC(C)(C)O2)OC1CC[C@@H]1CCC(=O)O1. The molecule has 118 valence electrons. The summed E-state index contributed by atoms with van der Waals surface area (Å²) in [4.78, 5) is 11.1. The van der Waals surface area contributed by atoms with E-state index >= 15 is 0 Å². The lowest BCUT2D eigenvalue weighted by Gasteiger charge is -2.21. The molecule has 3 fully saturated rings. The van der Waals surface area contributed by atoms with Crippen LogP contribution in [0.25, 0.3) is 0 Å². The van der Waals surface area contributed by atoms with Crippen LogP contribution in [0.4, 0.5) is 0 Å². The quantitative estimate of drug-likeness (QED) is 0.589. The Labute approximate surface area is 125 Å². The Morgan fingerprint density at radius 1 is 1.29 bits per heavy atom. The van der Waals surface area contributed by atoms with Gasteiger partial charge in [-0.1, -0.05) is 6.58 Å². The lowest BCUT2D eigenvalue weighted by Crippen LogP contribution is -2.31. The summed E-state index contributed by atoms with van der Waals surface area (Å²) in [5.41, 5.74) is 1.11. The Kier molecular flexibility index (Phi) is 4.08. The van der Waals surface area contributed by atoms with Crippen LogP contribution in [0, 0.1) is 0 Å². The molecule has 21 heavy (non-hydrogen) atoms. The van der Waals surface area contributed by atoms with Crippen molar-refractivity contribution in [1.29, 1.82) is 0 Å². The standard InChI is InChI=1S/C16H24O5/c1-10-8-13(14-9-18-16(2,3)21-14)20-12(10)6-4-11-5-7-15(17)19-11/h11-14H,1,4-9H2,2-3H3/t11-,12?,13-,14?/m1/s1. The van der Waals surface area contributed by atoms with Crippen molar-refractivity contribution in [2.75, 3.05) is 6.61 Å². The van der Waals surface area contributed by atoms with Crippen molar-refractivity contribution in [2.24, 2.45) is 0 Å². The van der Waals surface area contributed by atoms with Crippen LogP contribution in [0.2, 0.25) is 0 Å². The van der Waals surface area contributed by atoms with E-state index in [1.807, 2.05) is 13.8 Å². The van der Waals surface area contributed by atoms with Crippen molar-refractivity contribution in [2.45, 2.75) is 76.2 Å². The maximum atomic E-state index is 11.1. The predicted molar refractivity (Wildman–Crippen MR) is 75.7 cm³/mol. The molecule has 0 aromatic heterocycles. The normalized spacial score (nSPS) is 39.0. The molecule has 0 N–H and O–H groups in total. The molecular weight excluding hydrogens is 272 g/mol. The molecule has 5 heteroatoms. The number of carbonyl (C=O) groups excluding carboxylic acids is 1. The second-order valence-corrected chi connectivity index (χ2v) is 6.62. The van der Waals surface area contributed by atoms with Gasteiger partial charge in [0.1, 0.15) is 12.2 Å². The summed E-state index contributed by atoms with van der Waals surface area (Å²) in [5, 5.41) is 0. The van der Waals surface area contributed by atoms with Crippen molar-refractivity contribution in [3.63, 3.8) is 0 Å². The van der Waals surface area contributed by atoms with Crippen LogP contribution in [0.15, 0.2) is 12.2 Å². The van der Waals surface area contributed by atoms with Crippen molar-refractivity contribution in [1.82, 2.24) is 0 Å². The molecule has 0 amide bonds. The zero-order valence-corrected chi connectivity index (χ0v) is 12.8. The van der Waals surface area contributed by atoms with Gasteiger partial charge < -0.3 is 18.9 Å². The molecule has 0 spiro atoms. The average Bonchev–Trinajstić information content (AvgIpc) is 3.07. The molecule has 0 bridgehead atoms. The van der Waals surface area contributed by atoms with Gasteiger partial charge in [-0.15, -0.1) is 0 Å². The summed E-state index contributed by atoms with van der Waals surface area (Å²) >= 11 is 0. The minimum absolute atomic E-state index is 0.0222. The second kappa shape index (κ2) is 5.71. The van der Waals surface area contributed by atoms with E-state index in [2.05, 4.69) is 6.58 Å². The van der Waals surface area contributed by atoms with Crippen molar-refractivity contribution < 1.29 is 23.7 Å². The zero-order chi connectivity index (χ0) is 15.0. The van der Waals surface area contributed by atoms with Crippen LogP contribution >= 0.6 is 0 Å². The first-order valence-corrected chi connectivity index (χ1v) is 7.77. The van der Waals surface area contributed by atoms with Gasteiger partial charge >= 0.3 is 5.97 Å². The topological polar surface area (TPSA) is 54.0 Å². The minimum atomic E-state index is -0.522. The van der Waals surface area contributed by atoms with E-state index in [9.17, 15) is 4.79 Å². The first-order chi connectivity index (χ1) is 9.93. The van der Waals surface area contributed by atoms with Gasteiger partial charge in [0.2, 0.25) is 0 Å². The molecule has 2 unspecified atom stereocenters. The first kappa shape index (κ1) is 15.0. The molecular formula is C16H24O5. The van der Waals surface area contributed by atoms with Crippen molar-refractivity contribution in [3.8, 4) is 0 Å². The fourth-order valence-electron chi connectivity index (χ4n) is 3.26. The van der Waals surface area contributed by atoms with E-state index in [0.29, 0.717) is 13.0 Å². The van der Waals surface area contributed by atoms with Gasteiger partial charge in [-0.25, -0.2) is 0 Å². The average molecular weight is 296 g/mol. The number of carbonyl (C=O) groups is 1. The molecule has 0 aromatic rings. The maximum Gasteiger partial charge on any atom is 0.306 e. The summed E-state index contributed by atoms with van der Waals surface area (Å²) in [6, 6.07) is 0. The Bertz CT molecular complexity index is 430. The molecule has 3 saturated heterocycles. The summed E-state index contributed by atoms with van der Waals surface area (Å²) in [5.74, 6) is -0.603. The summed E-state index contributed by atoms with van der Waals surface area (Å²) in [6.45, 7) is 8.53. The smallest absolute Gasteiger partial charge is 0.306 e. The second-order valence-electron chi connectivity index (χ2n) is 6.62. The molecule has 0 aliphatic carbocycles. The van der Waals surface area contributed by atoms with Gasteiger partial charge in [0.05, 0.1) is 18.8 Å². The van der Waals surface area contributed by atoms with Crippen LogP contribution in [0.3, 0.4) is 0 Å². The Hall–Kier alpha value is -0.910. The lowest BCUT2D eigenvalue weighted by molar-refractivity contribution is -0.155. The Morgan fingerprint density at radius 2 is 2.10 bits per heavy atom. The van der Waals surface area contributed by atoms with E-state index in [-0.39, 0.29) is 30.4 Å². The number of cyclic esters (lactones) is 1. The van der Waals surface area contributed by atoms with Crippen LogP contribution in [-0.4, -0.2) is 42.8 Å². The third-order valence-corrected chi connectivity index (χ3v) is 4.42. The number of hydrogen-bond acceptors (Lipinski definition) is 5. The van der Waals surface area contributed by atoms with E-state index in [4.69, 9.17) is 18.9 Å². The lowest BCUT2D eigenvalue weighted by atomic mass is 10.0. The largest absolute Gasteiger partial charge is 0.462 e. The molecule has 3 rings (SSSR count). The third kappa shape index (κ3) is 3.47. The van der Waals surface area contributed by atoms with Gasteiger partial charge in [0.15, 0.2) is 5.79 Å². The Morgan fingerprint density at radius 3 is 2.71 bits per heavy atom. The third-order valence-electron chi connectivity index (χ3n) is 4.42. The zero-order valence-electron chi connectivity index (χ0n) is 12.8. The minimum Gasteiger partial charge on any atom is -0.462 e. The summed E-state index contributed by atoms with van der Waals surface area (Å²) in [7, 11) is 0. The van der Waals surface area contributed by atoms with Gasteiger partial charge in [0.25, 0.3) is 0 Å². The fourth-order valence-corrected chi connectivity index (χ4v) is 3.26. The van der Waals surface area contributed by atoms with Gasteiger partial charge in [-0.2, -0.15) is 0 Å². The predicted octanol–water partition coefficient (Wildman–Crippen LogP) is 2.34. The van der Waals surface area contributed by atoms with Gasteiger partial charge in [-0.3, -0.25) is 4.79 Å². The van der Waals surface area contributed by atoms with Crippen molar-refractivity contribution >= 4 is 5.97 Å². The molecule has 3 heterocycles. The fraction of sp³-hybridized carbons (Fsp3) is 0.812. The number of ether oxygens (including phenoxy) is 4. The molecule has 0 radical (unpaired) electrons. The van der Waals surface area contributed by atoms with E-state index < -0.39 is 5.79 Å². The molecule has 3 aliphatic rings. The number of hydrogen-bond donors (Lipinski definition) is 0. The molecule has 4 atom stereocenters. The van der Waals surface area contributed by atoms with Crippen LogP contribution in [0.1, 0.15) is 46.0 Å². The van der Waals surface area contributed by atoms with Crippen LogP contribution in [-0.2, 0) is 23.7 Å². The van der Waals surface area contributed by atoms with Crippen LogP contribution < -0.4 is 0 Å². The maximum absolute atomic E-state index is 11.1. The van der Waals surface area contributed by atoms with Crippen molar-refractivity contribution in [3.05, 3.63) is 12.2 Å². The molecule has 0 saturated carbocycles. The van der Waals surface area contributed by atoms with Crippen LogP contribution in [0.5, 0.6) is 0 Å². The monoisotopic (exact) mass is 296 g/mol. The molecule has 5 nitrogen and oxygen atoms in total. The highest BCUT2D eigenvalue weighted by Gasteiger charge is 2.42. The highest BCUT2D eigenvalue weighted by Crippen LogP contribution is 2.35. The highest BCUT2D eigenvalue weighted by molar-refractivity contribution is 5.71. The summed E-state index contributed by atoms with van der Waals surface area (Å²) < 4.78 is 22.8. The van der Waals surface area contributed by atoms with Gasteiger partial charge in [0, 0.05) is 6.42 Å². The molecule has 3 aliphatic heterocycles. The number of rotatable bonds is 4.